The molecule has 2 rings (SSSR count). The minimum atomic E-state index is -0.522. The van der Waals surface area contributed by atoms with Crippen LogP contribution in [-0.2, 0) is 4.79 Å². The number of hydrogen-bond acceptors (Lipinski definition) is 3. The predicted molar refractivity (Wildman–Crippen MR) is 81.8 cm³/mol. The van der Waals surface area contributed by atoms with Gasteiger partial charge < -0.3 is 10.1 Å². The number of hydrogen-bond donors (Lipinski definition) is 1. The van der Waals surface area contributed by atoms with Crippen molar-refractivity contribution in [1.29, 1.82) is 0 Å². The molecule has 0 fully saturated rings. The zero-order valence-corrected chi connectivity index (χ0v) is 12.2. The molecule has 0 aliphatic heterocycles. The predicted octanol–water partition coefficient (Wildman–Crippen LogP) is 3.91. The van der Waals surface area contributed by atoms with Crippen LogP contribution in [0.3, 0.4) is 0 Å². The number of anilines is 1. The molecule has 0 radical (unpaired) electrons. The molecule has 0 aliphatic rings. The van der Waals surface area contributed by atoms with Crippen LogP contribution >= 0.6 is 11.6 Å². The van der Waals surface area contributed by atoms with Gasteiger partial charge in [-0.15, -0.1) is 0 Å². The molecule has 0 aliphatic carbocycles. The lowest BCUT2D eigenvalue weighted by molar-refractivity contribution is -0.115. The molecule has 0 unspecified atom stereocenters. The summed E-state index contributed by atoms with van der Waals surface area (Å²) in [4.78, 5) is 23.2. The summed E-state index contributed by atoms with van der Waals surface area (Å²) in [6, 6.07) is 13.2. The molecule has 0 spiro atoms. The summed E-state index contributed by atoms with van der Waals surface area (Å²) in [6.45, 7) is 1.77. The van der Waals surface area contributed by atoms with Gasteiger partial charge in [-0.2, -0.15) is 0 Å². The fraction of sp³-hybridized carbons (Fsp3) is 0.125. The minimum Gasteiger partial charge on any atom is -0.423 e. The SMILES string of the molecule is CCC(=O)Nc1ccc(OC(=O)c2ccccc2Cl)cc1. The first-order valence-electron chi connectivity index (χ1n) is 6.46. The van der Waals surface area contributed by atoms with Crippen molar-refractivity contribution < 1.29 is 14.3 Å². The lowest BCUT2D eigenvalue weighted by atomic mass is 10.2. The second-order valence-electron chi connectivity index (χ2n) is 4.30. The van der Waals surface area contributed by atoms with Crippen molar-refractivity contribution in [3.05, 3.63) is 59.1 Å². The molecular formula is C16H14ClNO3. The number of carbonyl (C=O) groups is 2. The maximum absolute atomic E-state index is 12.0. The van der Waals surface area contributed by atoms with Gasteiger partial charge in [0.1, 0.15) is 5.75 Å². The lowest BCUT2D eigenvalue weighted by Crippen LogP contribution is -2.10. The highest BCUT2D eigenvalue weighted by atomic mass is 35.5. The number of rotatable bonds is 4. The van der Waals surface area contributed by atoms with Crippen LogP contribution in [0.1, 0.15) is 23.7 Å². The molecule has 0 saturated carbocycles. The number of nitrogens with one attached hydrogen (secondary N) is 1. The van der Waals surface area contributed by atoms with E-state index >= 15 is 0 Å². The summed E-state index contributed by atoms with van der Waals surface area (Å²) in [5, 5.41) is 3.05. The highest BCUT2D eigenvalue weighted by molar-refractivity contribution is 6.33. The summed E-state index contributed by atoms with van der Waals surface area (Å²) in [5.41, 5.74) is 0.960. The van der Waals surface area contributed by atoms with E-state index in [2.05, 4.69) is 5.32 Å². The zero-order chi connectivity index (χ0) is 15.2. The number of amides is 1. The van der Waals surface area contributed by atoms with Gasteiger partial charge in [0.15, 0.2) is 0 Å². The fourth-order valence-electron chi connectivity index (χ4n) is 1.64. The molecule has 0 saturated heterocycles. The van der Waals surface area contributed by atoms with Crippen molar-refractivity contribution in [2.45, 2.75) is 13.3 Å². The Bertz CT molecular complexity index is 653. The molecular weight excluding hydrogens is 290 g/mol. The first-order valence-corrected chi connectivity index (χ1v) is 6.84. The first-order chi connectivity index (χ1) is 10.1. The van der Waals surface area contributed by atoms with E-state index in [0.717, 1.165) is 0 Å². The van der Waals surface area contributed by atoms with E-state index in [0.29, 0.717) is 28.4 Å². The van der Waals surface area contributed by atoms with Crippen molar-refractivity contribution in [2.24, 2.45) is 0 Å². The molecule has 1 amide bonds. The standard InChI is InChI=1S/C16H14ClNO3/c1-2-15(19)18-11-7-9-12(10-8-11)21-16(20)13-5-3-4-6-14(13)17/h3-10H,2H2,1H3,(H,18,19). The van der Waals surface area contributed by atoms with Crippen molar-refractivity contribution in [1.82, 2.24) is 0 Å². The van der Waals surface area contributed by atoms with Gasteiger partial charge in [0.25, 0.3) is 0 Å². The van der Waals surface area contributed by atoms with Crippen LogP contribution in [0.15, 0.2) is 48.5 Å². The van der Waals surface area contributed by atoms with Gasteiger partial charge in [0.05, 0.1) is 10.6 Å². The summed E-state index contributed by atoms with van der Waals surface area (Å²) in [7, 11) is 0. The molecule has 1 N–H and O–H groups in total. The second kappa shape index (κ2) is 6.90. The Labute approximate surface area is 127 Å². The van der Waals surface area contributed by atoms with E-state index in [1.807, 2.05) is 0 Å². The van der Waals surface area contributed by atoms with Gasteiger partial charge in [0.2, 0.25) is 5.91 Å². The van der Waals surface area contributed by atoms with Gasteiger partial charge >= 0.3 is 5.97 Å². The highest BCUT2D eigenvalue weighted by Gasteiger charge is 2.12. The van der Waals surface area contributed by atoms with Crippen LogP contribution in [0.25, 0.3) is 0 Å². The Morgan fingerprint density at radius 2 is 1.76 bits per heavy atom. The Morgan fingerprint density at radius 3 is 2.38 bits per heavy atom. The van der Waals surface area contributed by atoms with Crippen LogP contribution < -0.4 is 10.1 Å². The second-order valence-corrected chi connectivity index (χ2v) is 4.70. The van der Waals surface area contributed by atoms with E-state index in [4.69, 9.17) is 16.3 Å². The van der Waals surface area contributed by atoms with E-state index in [1.54, 1.807) is 55.5 Å². The normalized spacial score (nSPS) is 10.0. The molecule has 2 aromatic rings. The van der Waals surface area contributed by atoms with Gasteiger partial charge in [-0.05, 0) is 36.4 Å². The number of carbonyl (C=O) groups excluding carboxylic acids is 2. The van der Waals surface area contributed by atoms with Gasteiger partial charge in [-0.3, -0.25) is 4.79 Å². The number of ether oxygens (including phenoxy) is 1. The third kappa shape index (κ3) is 4.07. The van der Waals surface area contributed by atoms with E-state index in [-0.39, 0.29) is 5.91 Å². The molecule has 0 heterocycles. The third-order valence-corrected chi connectivity index (χ3v) is 3.09. The first kappa shape index (κ1) is 15.1. The highest BCUT2D eigenvalue weighted by Crippen LogP contribution is 2.20. The molecule has 0 atom stereocenters. The Kier molecular flexibility index (Phi) is 4.95. The van der Waals surface area contributed by atoms with Crippen LogP contribution in [0, 0.1) is 0 Å². The average Bonchev–Trinajstić information content (AvgIpc) is 2.49. The van der Waals surface area contributed by atoms with Gasteiger partial charge in [-0.1, -0.05) is 30.7 Å². The summed E-state index contributed by atoms with van der Waals surface area (Å²) < 4.78 is 5.23. The molecule has 4 nitrogen and oxygen atoms in total. The van der Waals surface area contributed by atoms with E-state index in [9.17, 15) is 9.59 Å². The van der Waals surface area contributed by atoms with Crippen LogP contribution in [-0.4, -0.2) is 11.9 Å². The van der Waals surface area contributed by atoms with E-state index in [1.165, 1.54) is 0 Å². The molecule has 5 heteroatoms. The van der Waals surface area contributed by atoms with Crippen molar-refractivity contribution in [3.63, 3.8) is 0 Å². The Hall–Kier alpha value is -2.33. The molecule has 21 heavy (non-hydrogen) atoms. The van der Waals surface area contributed by atoms with Crippen LogP contribution in [0.5, 0.6) is 5.75 Å². The number of esters is 1. The maximum atomic E-state index is 12.0. The Balaban J connectivity index is 2.05. The third-order valence-electron chi connectivity index (χ3n) is 2.76. The number of halogens is 1. The van der Waals surface area contributed by atoms with E-state index < -0.39 is 5.97 Å². The van der Waals surface area contributed by atoms with Crippen molar-refractivity contribution in [3.8, 4) is 5.75 Å². The largest absolute Gasteiger partial charge is 0.423 e. The molecule has 0 aromatic heterocycles. The molecule has 2 aromatic carbocycles. The van der Waals surface area contributed by atoms with Gasteiger partial charge in [0, 0.05) is 12.1 Å². The summed E-state index contributed by atoms with van der Waals surface area (Å²) in [5.74, 6) is -0.212. The molecule has 0 bridgehead atoms. The summed E-state index contributed by atoms with van der Waals surface area (Å²) >= 11 is 5.94. The van der Waals surface area contributed by atoms with Crippen LogP contribution in [0.4, 0.5) is 5.69 Å². The smallest absolute Gasteiger partial charge is 0.345 e. The van der Waals surface area contributed by atoms with Crippen molar-refractivity contribution >= 4 is 29.2 Å². The Morgan fingerprint density at radius 1 is 1.10 bits per heavy atom. The monoisotopic (exact) mass is 303 g/mol. The fourth-order valence-corrected chi connectivity index (χ4v) is 1.86. The average molecular weight is 304 g/mol. The minimum absolute atomic E-state index is 0.0733. The van der Waals surface area contributed by atoms with Crippen LogP contribution in [0.2, 0.25) is 5.02 Å². The topological polar surface area (TPSA) is 55.4 Å². The number of benzene rings is 2. The maximum Gasteiger partial charge on any atom is 0.345 e. The summed E-state index contributed by atoms with van der Waals surface area (Å²) in [6.07, 6.45) is 0.406. The quantitative estimate of drug-likeness (QED) is 0.688. The zero-order valence-electron chi connectivity index (χ0n) is 11.4. The molecule has 108 valence electrons. The lowest BCUT2D eigenvalue weighted by Gasteiger charge is -2.07. The van der Waals surface area contributed by atoms with Gasteiger partial charge in [-0.25, -0.2) is 4.79 Å². The van der Waals surface area contributed by atoms with Crippen molar-refractivity contribution in [2.75, 3.05) is 5.32 Å².